The molecule has 1 saturated heterocycles. The largest absolute Gasteiger partial charge is 0.401 e. The lowest BCUT2D eigenvalue weighted by Crippen LogP contribution is -2.45. The van der Waals surface area contributed by atoms with E-state index in [4.69, 9.17) is 4.74 Å². The van der Waals surface area contributed by atoms with E-state index < -0.39 is 12.7 Å². The summed E-state index contributed by atoms with van der Waals surface area (Å²) in [7, 11) is 1.66. The second kappa shape index (κ2) is 12.1. The highest BCUT2D eigenvalue weighted by Gasteiger charge is 2.34. The topological polar surface area (TPSA) is 48.9 Å². The molecule has 1 heterocycles. The summed E-state index contributed by atoms with van der Waals surface area (Å²) < 4.78 is 42.3. The van der Waals surface area contributed by atoms with E-state index in [0.29, 0.717) is 25.5 Å². The summed E-state index contributed by atoms with van der Waals surface area (Å²) in [5.74, 6) is 0.648. The summed E-state index contributed by atoms with van der Waals surface area (Å²) in [6.07, 6.45) is -1.50. The van der Waals surface area contributed by atoms with Gasteiger partial charge in [-0.15, -0.1) is 24.0 Å². The number of ether oxygens (including phenoxy) is 1. The molecule has 0 amide bonds. The maximum atomic E-state index is 12.3. The molecule has 1 rings (SSSR count). The predicted octanol–water partition coefficient (Wildman–Crippen LogP) is 2.22. The number of aliphatic imine (C=N–C) groups is 1. The first kappa shape index (κ1) is 22.7. The minimum absolute atomic E-state index is 0. The summed E-state index contributed by atoms with van der Waals surface area (Å²) in [5.41, 5.74) is 0. The SMILES string of the molecule is CCOCCCCNC(=NC)NC1CCN(CC(F)(F)F)C1.I. The molecule has 1 unspecified atom stereocenters. The number of hydrogen-bond donors (Lipinski definition) is 2. The first-order chi connectivity index (χ1) is 10.4. The van der Waals surface area contributed by atoms with Crippen LogP contribution in [-0.4, -0.2) is 69.5 Å². The van der Waals surface area contributed by atoms with Gasteiger partial charge in [0.15, 0.2) is 5.96 Å². The second-order valence-electron chi connectivity index (χ2n) is 5.38. The Bertz CT molecular complexity index is 342. The number of alkyl halides is 3. The quantitative estimate of drug-likeness (QED) is 0.257. The van der Waals surface area contributed by atoms with Gasteiger partial charge in [0.05, 0.1) is 6.54 Å². The summed E-state index contributed by atoms with van der Waals surface area (Å²) in [5, 5.41) is 6.36. The van der Waals surface area contributed by atoms with E-state index in [1.807, 2.05) is 6.92 Å². The number of hydrogen-bond acceptors (Lipinski definition) is 3. The molecule has 1 atom stereocenters. The van der Waals surface area contributed by atoms with Gasteiger partial charge in [-0.05, 0) is 26.2 Å². The van der Waals surface area contributed by atoms with Gasteiger partial charge in [-0.25, -0.2) is 0 Å². The van der Waals surface area contributed by atoms with Crippen LogP contribution in [0.2, 0.25) is 0 Å². The molecule has 0 aromatic heterocycles. The molecule has 138 valence electrons. The third-order valence-electron chi connectivity index (χ3n) is 3.45. The van der Waals surface area contributed by atoms with Gasteiger partial charge in [-0.2, -0.15) is 13.2 Å². The van der Waals surface area contributed by atoms with Gasteiger partial charge in [-0.1, -0.05) is 0 Å². The first-order valence-electron chi connectivity index (χ1n) is 7.78. The number of rotatable bonds is 8. The van der Waals surface area contributed by atoms with Crippen molar-refractivity contribution < 1.29 is 17.9 Å². The second-order valence-corrected chi connectivity index (χ2v) is 5.38. The highest BCUT2D eigenvalue weighted by Crippen LogP contribution is 2.19. The Morgan fingerprint density at radius 3 is 2.70 bits per heavy atom. The predicted molar refractivity (Wildman–Crippen MR) is 96.5 cm³/mol. The first-order valence-corrected chi connectivity index (χ1v) is 7.78. The number of unbranched alkanes of at least 4 members (excludes halogenated alkanes) is 1. The fraction of sp³-hybridized carbons (Fsp3) is 0.929. The van der Waals surface area contributed by atoms with Gasteiger partial charge in [0.25, 0.3) is 0 Å². The van der Waals surface area contributed by atoms with Crippen molar-refractivity contribution in [2.24, 2.45) is 4.99 Å². The van der Waals surface area contributed by atoms with Crippen LogP contribution in [0.25, 0.3) is 0 Å². The van der Waals surface area contributed by atoms with Crippen LogP contribution in [0.4, 0.5) is 13.2 Å². The zero-order valence-corrected chi connectivity index (χ0v) is 16.1. The molecular formula is C14H28F3IN4O. The van der Waals surface area contributed by atoms with Crippen molar-refractivity contribution in [3.63, 3.8) is 0 Å². The number of nitrogens with zero attached hydrogens (tertiary/aromatic N) is 2. The minimum atomic E-state index is -4.13. The zero-order valence-electron chi connectivity index (χ0n) is 13.8. The fourth-order valence-corrected chi connectivity index (χ4v) is 2.42. The monoisotopic (exact) mass is 452 g/mol. The van der Waals surface area contributed by atoms with Crippen molar-refractivity contribution in [2.45, 2.75) is 38.4 Å². The molecule has 1 fully saturated rings. The van der Waals surface area contributed by atoms with Crippen LogP contribution in [0.15, 0.2) is 4.99 Å². The van der Waals surface area contributed by atoms with E-state index in [1.165, 1.54) is 4.90 Å². The van der Waals surface area contributed by atoms with Crippen molar-refractivity contribution in [3.05, 3.63) is 0 Å². The van der Waals surface area contributed by atoms with Gasteiger partial charge in [0, 0.05) is 45.9 Å². The molecule has 5 nitrogen and oxygen atoms in total. The van der Waals surface area contributed by atoms with Gasteiger partial charge in [0.2, 0.25) is 0 Å². The Balaban J connectivity index is 0.00000484. The molecule has 2 N–H and O–H groups in total. The lowest BCUT2D eigenvalue weighted by Gasteiger charge is -2.19. The fourth-order valence-electron chi connectivity index (χ4n) is 2.42. The van der Waals surface area contributed by atoms with Gasteiger partial charge in [0.1, 0.15) is 0 Å². The molecule has 0 spiro atoms. The number of likely N-dealkylation sites (tertiary alicyclic amines) is 1. The maximum absolute atomic E-state index is 12.3. The van der Waals surface area contributed by atoms with Crippen molar-refractivity contribution in [3.8, 4) is 0 Å². The van der Waals surface area contributed by atoms with E-state index in [-0.39, 0.29) is 30.0 Å². The minimum Gasteiger partial charge on any atom is -0.382 e. The highest BCUT2D eigenvalue weighted by atomic mass is 127. The van der Waals surface area contributed by atoms with Crippen LogP contribution in [0, 0.1) is 0 Å². The van der Waals surface area contributed by atoms with Crippen molar-refractivity contribution >= 4 is 29.9 Å². The van der Waals surface area contributed by atoms with Gasteiger partial charge < -0.3 is 15.4 Å². The molecular weight excluding hydrogens is 424 g/mol. The molecule has 0 aromatic rings. The number of nitrogens with one attached hydrogen (secondary N) is 2. The standard InChI is InChI=1S/C14H27F3N4O.HI/c1-3-22-9-5-4-7-19-13(18-2)20-12-6-8-21(10-12)11-14(15,16)17;/h12H,3-11H2,1-2H3,(H2,18,19,20);1H. The molecule has 0 saturated carbocycles. The summed E-state index contributed by atoms with van der Waals surface area (Å²) in [4.78, 5) is 5.53. The average Bonchev–Trinajstić information content (AvgIpc) is 2.86. The molecule has 0 aromatic carbocycles. The maximum Gasteiger partial charge on any atom is 0.401 e. The van der Waals surface area contributed by atoms with Crippen LogP contribution < -0.4 is 10.6 Å². The Labute approximate surface area is 153 Å². The number of guanidine groups is 1. The van der Waals surface area contributed by atoms with E-state index in [2.05, 4.69) is 15.6 Å². The molecule has 0 radical (unpaired) electrons. The molecule has 0 bridgehead atoms. The Hall–Kier alpha value is -0.290. The third kappa shape index (κ3) is 11.0. The lowest BCUT2D eigenvalue weighted by atomic mass is 10.3. The summed E-state index contributed by atoms with van der Waals surface area (Å²) in [6.45, 7) is 4.23. The normalized spacial score (nSPS) is 19.5. The van der Waals surface area contributed by atoms with Gasteiger partial charge in [-0.3, -0.25) is 9.89 Å². The Morgan fingerprint density at radius 1 is 1.35 bits per heavy atom. The summed E-state index contributed by atoms with van der Waals surface area (Å²) in [6, 6.07) is 0.0111. The molecule has 1 aliphatic rings. The van der Waals surface area contributed by atoms with Crippen molar-refractivity contribution in [1.82, 2.24) is 15.5 Å². The van der Waals surface area contributed by atoms with Gasteiger partial charge >= 0.3 is 6.18 Å². The van der Waals surface area contributed by atoms with E-state index in [9.17, 15) is 13.2 Å². The van der Waals surface area contributed by atoms with E-state index >= 15 is 0 Å². The van der Waals surface area contributed by atoms with Crippen LogP contribution in [0.3, 0.4) is 0 Å². The van der Waals surface area contributed by atoms with Crippen LogP contribution in [-0.2, 0) is 4.74 Å². The zero-order chi connectivity index (χ0) is 16.4. The highest BCUT2D eigenvalue weighted by molar-refractivity contribution is 14.0. The molecule has 23 heavy (non-hydrogen) atoms. The smallest absolute Gasteiger partial charge is 0.382 e. The Morgan fingerprint density at radius 2 is 2.09 bits per heavy atom. The Kier molecular flexibility index (Phi) is 12.0. The molecule has 9 heteroatoms. The van der Waals surface area contributed by atoms with E-state index in [0.717, 1.165) is 32.6 Å². The summed E-state index contributed by atoms with van der Waals surface area (Å²) >= 11 is 0. The van der Waals surface area contributed by atoms with Crippen molar-refractivity contribution in [2.75, 3.05) is 46.4 Å². The lowest BCUT2D eigenvalue weighted by molar-refractivity contribution is -0.143. The molecule has 1 aliphatic heterocycles. The van der Waals surface area contributed by atoms with Crippen molar-refractivity contribution in [1.29, 1.82) is 0 Å². The van der Waals surface area contributed by atoms with Crippen LogP contribution >= 0.6 is 24.0 Å². The van der Waals surface area contributed by atoms with E-state index in [1.54, 1.807) is 7.05 Å². The number of halogens is 4. The third-order valence-corrected chi connectivity index (χ3v) is 3.45. The van der Waals surface area contributed by atoms with Crippen LogP contribution in [0.5, 0.6) is 0 Å². The molecule has 0 aliphatic carbocycles. The average molecular weight is 452 g/mol. The van der Waals surface area contributed by atoms with Crippen LogP contribution in [0.1, 0.15) is 26.2 Å².